The van der Waals surface area contributed by atoms with Gasteiger partial charge in [-0.3, -0.25) is 47.9 Å². The van der Waals surface area contributed by atoms with Gasteiger partial charge in [0.2, 0.25) is 59.1 Å². The van der Waals surface area contributed by atoms with Crippen LogP contribution in [0.1, 0.15) is 88.8 Å². The van der Waals surface area contributed by atoms with Crippen molar-refractivity contribution in [1.82, 2.24) is 51.5 Å². The van der Waals surface area contributed by atoms with E-state index in [2.05, 4.69) is 31.9 Å². The standard InChI is InChI=1S/C57H72N10O10/c1-35(2)48-57(77)67-30-16-26-46(67)56(76)65-28-13-23-43(65)53(73)59-36(3)49(69)60-40(31-37-17-7-4-8-18-37)50(70)58-34-47(68)64-27-15-25-45(64)55(75)66-29-14-24-44(66)54(74)62-41(32-38-19-9-5-10-20-38)51(71)61-42(52(72)63-48)33-39-21-11-6-12-22-39/h4-12,17-22,35-36,40-46,48H,13-16,23-34H2,1-3H3,(H,58,70)(H,59,73)(H,60,69)(H,61,71)(H,62,74)(H,63,72)/t36-,40-,41-,42-,43-,44-,45-,46-,48-/m0/s1. The first-order valence-electron chi connectivity index (χ1n) is 27.2. The minimum absolute atomic E-state index is 0.0202. The summed E-state index contributed by atoms with van der Waals surface area (Å²) < 4.78 is 0. The third-order valence-electron chi connectivity index (χ3n) is 15.5. The SMILES string of the molecule is CC(C)[C@@H]1NC(=O)[C@H](Cc2ccccc2)NC(=O)[C@H](Cc2ccccc2)NC(=O)[C@@H]2CCCN2C(=O)[C@@H]2CCCN2C(=O)CNC(=O)[C@H](Cc2ccccc2)NC(=O)[C@H](C)NC(=O)[C@@H]2CCCN2C(=O)[C@@H]2CCCN2C1=O. The summed E-state index contributed by atoms with van der Waals surface area (Å²) in [7, 11) is 0. The lowest BCUT2D eigenvalue weighted by Crippen LogP contribution is -2.61. The molecule has 9 atom stereocenters. The Morgan fingerprint density at radius 3 is 1.25 bits per heavy atom. The van der Waals surface area contributed by atoms with E-state index in [0.29, 0.717) is 61.6 Å². The van der Waals surface area contributed by atoms with Gasteiger partial charge in [-0.05, 0) is 80.9 Å². The van der Waals surface area contributed by atoms with Gasteiger partial charge in [-0.25, -0.2) is 0 Å². The average Bonchev–Trinajstić information content (AvgIpc) is 4.30. The zero-order valence-electron chi connectivity index (χ0n) is 44.1. The molecule has 5 aliphatic rings. The fourth-order valence-electron chi connectivity index (χ4n) is 11.3. The molecule has 77 heavy (non-hydrogen) atoms. The highest BCUT2D eigenvalue weighted by Crippen LogP contribution is 2.28. The van der Waals surface area contributed by atoms with Gasteiger partial charge in [0.15, 0.2) is 0 Å². The highest BCUT2D eigenvalue weighted by Gasteiger charge is 2.46. The Morgan fingerprint density at radius 1 is 0.416 bits per heavy atom. The van der Waals surface area contributed by atoms with Crippen molar-refractivity contribution >= 4 is 59.1 Å². The van der Waals surface area contributed by atoms with Crippen molar-refractivity contribution in [3.05, 3.63) is 108 Å². The van der Waals surface area contributed by atoms with Gasteiger partial charge in [0.05, 0.1) is 6.54 Å². The number of hydrogen-bond donors (Lipinski definition) is 6. The summed E-state index contributed by atoms with van der Waals surface area (Å²) in [6, 6.07) is 17.3. The van der Waals surface area contributed by atoms with E-state index in [4.69, 9.17) is 0 Å². The minimum Gasteiger partial charge on any atom is -0.345 e. The monoisotopic (exact) mass is 1060 g/mol. The lowest BCUT2D eigenvalue weighted by Gasteiger charge is -2.34. The summed E-state index contributed by atoms with van der Waals surface area (Å²) in [6.45, 7) is 5.41. The van der Waals surface area contributed by atoms with Crippen LogP contribution in [0.2, 0.25) is 0 Å². The largest absolute Gasteiger partial charge is 0.345 e. The van der Waals surface area contributed by atoms with Crippen molar-refractivity contribution in [2.24, 2.45) is 5.92 Å². The van der Waals surface area contributed by atoms with Gasteiger partial charge in [-0.1, -0.05) is 105 Å². The van der Waals surface area contributed by atoms with Gasteiger partial charge >= 0.3 is 0 Å². The summed E-state index contributed by atoms with van der Waals surface area (Å²) in [4.78, 5) is 149. The molecule has 0 bridgehead atoms. The van der Waals surface area contributed by atoms with Crippen molar-refractivity contribution in [2.45, 2.75) is 146 Å². The number of rotatable bonds is 7. The molecule has 0 saturated carbocycles. The molecule has 5 saturated heterocycles. The molecule has 10 amide bonds. The van der Waals surface area contributed by atoms with Crippen LogP contribution in [0.25, 0.3) is 0 Å². The highest BCUT2D eigenvalue weighted by molar-refractivity contribution is 6.00. The number of benzene rings is 3. The van der Waals surface area contributed by atoms with Crippen LogP contribution in [0, 0.1) is 5.92 Å². The van der Waals surface area contributed by atoms with E-state index in [1.165, 1.54) is 26.5 Å². The van der Waals surface area contributed by atoms with Gasteiger partial charge in [0.25, 0.3) is 0 Å². The zero-order valence-corrected chi connectivity index (χ0v) is 44.1. The molecular formula is C57H72N10O10. The topological polar surface area (TPSA) is 256 Å². The molecule has 0 aliphatic carbocycles. The fraction of sp³-hybridized carbons (Fsp3) is 0.509. The Hall–Kier alpha value is -7.64. The second kappa shape index (κ2) is 25.5. The average molecular weight is 1060 g/mol. The van der Waals surface area contributed by atoms with Crippen LogP contribution in [0.15, 0.2) is 91.0 Å². The van der Waals surface area contributed by atoms with Gasteiger partial charge in [-0.15, -0.1) is 0 Å². The van der Waals surface area contributed by atoms with E-state index >= 15 is 0 Å². The van der Waals surface area contributed by atoms with E-state index in [-0.39, 0.29) is 51.9 Å². The first-order valence-corrected chi connectivity index (χ1v) is 27.2. The Bertz CT molecular complexity index is 2660. The zero-order chi connectivity index (χ0) is 54.8. The van der Waals surface area contributed by atoms with Crippen LogP contribution < -0.4 is 31.9 Å². The Kier molecular flexibility index (Phi) is 18.4. The molecule has 0 unspecified atom stereocenters. The van der Waals surface area contributed by atoms with Gasteiger partial charge in [-0.2, -0.15) is 0 Å². The van der Waals surface area contributed by atoms with Gasteiger partial charge < -0.3 is 51.5 Å². The summed E-state index contributed by atoms with van der Waals surface area (Å²) in [5.41, 5.74) is 2.13. The number of carbonyl (C=O) groups is 10. The summed E-state index contributed by atoms with van der Waals surface area (Å²) in [5, 5.41) is 16.9. The predicted molar refractivity (Wildman–Crippen MR) is 283 cm³/mol. The summed E-state index contributed by atoms with van der Waals surface area (Å²) in [6.07, 6.45) is 3.26. The lowest BCUT2D eigenvalue weighted by molar-refractivity contribution is -0.148. The van der Waals surface area contributed by atoms with Crippen molar-refractivity contribution in [1.29, 1.82) is 0 Å². The predicted octanol–water partition coefficient (Wildman–Crippen LogP) is 0.908. The molecule has 0 radical (unpaired) electrons. The van der Waals surface area contributed by atoms with E-state index in [1.54, 1.807) is 74.5 Å². The number of hydrogen-bond acceptors (Lipinski definition) is 10. The molecule has 410 valence electrons. The van der Waals surface area contributed by atoms with Crippen LogP contribution in [0.5, 0.6) is 0 Å². The molecule has 6 N–H and O–H groups in total. The molecule has 3 aromatic carbocycles. The third-order valence-corrected chi connectivity index (χ3v) is 15.5. The van der Waals surface area contributed by atoms with Gasteiger partial charge in [0.1, 0.15) is 54.4 Å². The number of nitrogens with one attached hydrogen (secondary N) is 6. The molecule has 20 nitrogen and oxygen atoms in total. The van der Waals surface area contributed by atoms with Crippen LogP contribution in [0.4, 0.5) is 0 Å². The van der Waals surface area contributed by atoms with E-state index in [0.717, 1.165) is 0 Å². The number of nitrogens with zero attached hydrogens (tertiary/aromatic N) is 4. The number of carbonyl (C=O) groups excluding carboxylic acids is 10. The number of fused-ring (bicyclic) bond motifs is 4. The maximum atomic E-state index is 14.7. The Labute approximate surface area is 449 Å². The summed E-state index contributed by atoms with van der Waals surface area (Å²) >= 11 is 0. The van der Waals surface area contributed by atoms with Crippen molar-refractivity contribution in [3.8, 4) is 0 Å². The molecule has 5 fully saturated rings. The smallest absolute Gasteiger partial charge is 0.246 e. The quantitative estimate of drug-likeness (QED) is 0.195. The van der Waals surface area contributed by atoms with Crippen LogP contribution >= 0.6 is 0 Å². The molecule has 5 heterocycles. The van der Waals surface area contributed by atoms with Gasteiger partial charge in [0, 0.05) is 45.4 Å². The molecular weight excluding hydrogens is 985 g/mol. The minimum atomic E-state index is -1.24. The second-order valence-corrected chi connectivity index (χ2v) is 21.2. The lowest BCUT2D eigenvalue weighted by atomic mass is 9.99. The second-order valence-electron chi connectivity index (χ2n) is 21.2. The molecule has 0 aromatic heterocycles. The first kappa shape index (κ1) is 55.6. The van der Waals surface area contributed by atoms with Crippen molar-refractivity contribution in [2.75, 3.05) is 32.7 Å². The molecule has 5 aliphatic heterocycles. The third kappa shape index (κ3) is 13.5. The van der Waals surface area contributed by atoms with E-state index in [9.17, 15) is 47.9 Å². The maximum absolute atomic E-state index is 14.7. The fourth-order valence-corrected chi connectivity index (χ4v) is 11.3. The van der Waals surface area contributed by atoms with Crippen molar-refractivity contribution in [3.63, 3.8) is 0 Å². The normalized spacial score (nSPS) is 27.9. The van der Waals surface area contributed by atoms with E-state index in [1.807, 2.05) is 30.3 Å². The van der Waals surface area contributed by atoms with Crippen molar-refractivity contribution < 1.29 is 47.9 Å². The first-order chi connectivity index (χ1) is 37.1. The van der Waals surface area contributed by atoms with Crippen LogP contribution in [-0.4, -0.2) is 166 Å². The van der Waals surface area contributed by atoms with E-state index < -0.39 is 126 Å². The Morgan fingerprint density at radius 2 is 0.779 bits per heavy atom. The Balaban J connectivity index is 1.10. The van der Waals surface area contributed by atoms with Crippen LogP contribution in [0.3, 0.4) is 0 Å². The summed E-state index contributed by atoms with van der Waals surface area (Å²) in [5.74, 6) is -6.23. The molecule has 20 heteroatoms. The molecule has 3 aromatic rings. The molecule has 8 rings (SSSR count). The number of amides is 10. The van der Waals surface area contributed by atoms with Crippen LogP contribution in [-0.2, 0) is 67.2 Å². The highest BCUT2D eigenvalue weighted by atomic mass is 16.2. The maximum Gasteiger partial charge on any atom is 0.246 e. The molecule has 0 spiro atoms.